The third-order valence-corrected chi connectivity index (χ3v) is 1.92. The van der Waals surface area contributed by atoms with Crippen LogP contribution in [-0.4, -0.2) is 29.6 Å². The van der Waals surface area contributed by atoms with Crippen LogP contribution in [0.25, 0.3) is 0 Å². The van der Waals surface area contributed by atoms with Crippen molar-refractivity contribution < 1.29 is 14.6 Å². The number of aliphatic hydroxyl groups is 1. The zero-order valence-electron chi connectivity index (χ0n) is 14.1. The molecule has 0 amide bonds. The summed E-state index contributed by atoms with van der Waals surface area (Å²) in [5.41, 5.74) is 1.32. The molecule has 0 spiro atoms. The highest BCUT2D eigenvalue weighted by Crippen LogP contribution is 1.92. The number of carbonyl (C=O) groups is 1. The van der Waals surface area contributed by atoms with Crippen LogP contribution in [0.3, 0.4) is 0 Å². The van der Waals surface area contributed by atoms with Gasteiger partial charge >= 0.3 is 5.97 Å². The van der Waals surface area contributed by atoms with Gasteiger partial charge in [-0.25, -0.2) is 0 Å². The van der Waals surface area contributed by atoms with Crippen LogP contribution < -0.4 is 0 Å². The molecule has 1 N–H and O–H groups in total. The van der Waals surface area contributed by atoms with E-state index in [0.29, 0.717) is 19.6 Å². The fourth-order valence-electron chi connectivity index (χ4n) is 0.972. The Bertz CT molecular complexity index is 296. The molecule has 0 aliphatic carbocycles. The van der Waals surface area contributed by atoms with Crippen LogP contribution in [-0.2, 0) is 9.53 Å². The summed E-state index contributed by atoms with van der Waals surface area (Å²) >= 11 is 9.53. The van der Waals surface area contributed by atoms with Gasteiger partial charge in [-0.3, -0.25) is 4.79 Å². The smallest absolute Gasteiger partial charge is 0.305 e. The summed E-state index contributed by atoms with van der Waals surface area (Å²) in [6.07, 6.45) is 2.30. The van der Waals surface area contributed by atoms with Gasteiger partial charge in [0.25, 0.3) is 0 Å². The predicted molar refractivity (Wildman–Crippen MR) is 96.7 cm³/mol. The molecular weight excluding hydrogens is 323 g/mol. The van der Waals surface area contributed by atoms with Gasteiger partial charge in [-0.2, -0.15) is 0 Å². The number of carbonyl (C=O) groups excluding carboxylic acids is 1. The van der Waals surface area contributed by atoms with Gasteiger partial charge in [0.05, 0.1) is 11.9 Å². The molecule has 0 saturated carbocycles. The Morgan fingerprint density at radius 2 is 1.55 bits per heavy atom. The fraction of sp³-hybridized carbons (Fsp3) is 0.588. The molecular formula is C17H30Cl2O3. The molecule has 5 heteroatoms. The molecule has 0 bridgehead atoms. The van der Waals surface area contributed by atoms with E-state index in [1.54, 1.807) is 0 Å². The molecule has 0 radical (unpaired) electrons. The molecule has 0 heterocycles. The summed E-state index contributed by atoms with van der Waals surface area (Å²) < 4.78 is 4.64. The molecule has 0 aliphatic heterocycles. The Morgan fingerprint density at radius 1 is 1.09 bits per heavy atom. The van der Waals surface area contributed by atoms with E-state index in [0.717, 1.165) is 12.8 Å². The van der Waals surface area contributed by atoms with Crippen LogP contribution in [0.2, 0.25) is 0 Å². The lowest BCUT2D eigenvalue weighted by atomic mass is 10.2. The van der Waals surface area contributed by atoms with Crippen LogP contribution in [0.1, 0.15) is 45.6 Å². The predicted octanol–water partition coefficient (Wildman–Crippen LogP) is 5.15. The molecule has 0 saturated heterocycles. The number of benzene rings is 1. The van der Waals surface area contributed by atoms with E-state index in [1.807, 2.05) is 39.0 Å². The summed E-state index contributed by atoms with van der Waals surface area (Å²) in [6.45, 7) is 8.60. The van der Waals surface area contributed by atoms with Gasteiger partial charge in [0.2, 0.25) is 0 Å². The number of aryl methyl sites for hydroxylation is 1. The Kier molecular flexibility index (Phi) is 29.9. The third-order valence-electron chi connectivity index (χ3n) is 1.92. The molecule has 1 aromatic carbocycles. The topological polar surface area (TPSA) is 46.5 Å². The molecule has 3 nitrogen and oxygen atoms in total. The average Bonchev–Trinajstić information content (AvgIpc) is 2.50. The lowest BCUT2D eigenvalue weighted by molar-refractivity contribution is -0.143. The van der Waals surface area contributed by atoms with E-state index >= 15 is 0 Å². The number of hydrogen-bond acceptors (Lipinski definition) is 3. The largest absolute Gasteiger partial charge is 0.466 e. The summed E-state index contributed by atoms with van der Waals surface area (Å²) in [6, 6.07) is 10.3. The van der Waals surface area contributed by atoms with Crippen molar-refractivity contribution in [1.82, 2.24) is 0 Å². The lowest BCUT2D eigenvalue weighted by Crippen LogP contribution is -2.01. The summed E-state index contributed by atoms with van der Waals surface area (Å²) in [5.74, 6) is -0.0880. The Labute approximate surface area is 145 Å². The van der Waals surface area contributed by atoms with Gasteiger partial charge in [-0.1, -0.05) is 49.7 Å². The van der Waals surface area contributed by atoms with Crippen molar-refractivity contribution in [3.05, 3.63) is 35.9 Å². The number of alkyl halides is 2. The zero-order chi connectivity index (χ0) is 17.6. The number of esters is 1. The molecule has 0 aliphatic rings. The molecule has 0 atom stereocenters. The lowest BCUT2D eigenvalue weighted by Gasteiger charge is -1.96. The fourth-order valence-corrected chi connectivity index (χ4v) is 0.972. The van der Waals surface area contributed by atoms with Crippen molar-refractivity contribution in [3.63, 3.8) is 0 Å². The van der Waals surface area contributed by atoms with Gasteiger partial charge < -0.3 is 9.84 Å². The molecule has 1 rings (SSSR count). The van der Waals surface area contributed by atoms with E-state index in [1.165, 1.54) is 5.56 Å². The average molecular weight is 353 g/mol. The first-order valence-electron chi connectivity index (χ1n) is 7.43. The van der Waals surface area contributed by atoms with Gasteiger partial charge in [-0.15, -0.1) is 23.2 Å². The van der Waals surface area contributed by atoms with Crippen molar-refractivity contribution in [2.45, 2.75) is 47.0 Å². The number of hydrogen-bond donors (Lipinski definition) is 1. The van der Waals surface area contributed by atoms with Crippen LogP contribution in [0.5, 0.6) is 0 Å². The normalized spacial score (nSPS) is 8.14. The van der Waals surface area contributed by atoms with Crippen molar-refractivity contribution in [2.24, 2.45) is 0 Å². The third kappa shape index (κ3) is 31.6. The maximum atomic E-state index is 10.4. The number of ether oxygens (including phenoxy) is 1. The second-order valence-corrected chi connectivity index (χ2v) is 4.84. The highest BCUT2D eigenvalue weighted by Gasteiger charge is 1.95. The summed E-state index contributed by atoms with van der Waals surface area (Å²) in [4.78, 5) is 10.4. The van der Waals surface area contributed by atoms with Crippen LogP contribution in [0, 0.1) is 6.92 Å². The SMILES string of the molecule is CCCC(=O)OCC.CCCO.Cc1ccccc1.ClCCl. The quantitative estimate of drug-likeness (QED) is 0.601. The van der Waals surface area contributed by atoms with Crippen molar-refractivity contribution in [1.29, 1.82) is 0 Å². The first-order valence-corrected chi connectivity index (χ1v) is 8.50. The number of halogens is 2. The van der Waals surface area contributed by atoms with Gasteiger partial charge in [0.15, 0.2) is 0 Å². The molecule has 0 aromatic heterocycles. The molecule has 0 fully saturated rings. The van der Waals surface area contributed by atoms with Crippen molar-refractivity contribution in [3.8, 4) is 0 Å². The number of aliphatic hydroxyl groups excluding tert-OH is 1. The first-order chi connectivity index (χ1) is 10.5. The highest BCUT2D eigenvalue weighted by atomic mass is 35.5. The first kappa shape index (κ1) is 26.1. The minimum absolute atomic E-state index is 0.0880. The number of rotatable bonds is 4. The van der Waals surface area contributed by atoms with Crippen LogP contribution >= 0.6 is 23.2 Å². The van der Waals surface area contributed by atoms with Gasteiger partial charge in [0, 0.05) is 13.0 Å². The van der Waals surface area contributed by atoms with E-state index in [9.17, 15) is 4.79 Å². The van der Waals surface area contributed by atoms with E-state index in [2.05, 4.69) is 23.8 Å². The summed E-state index contributed by atoms with van der Waals surface area (Å²) in [7, 11) is 0. The standard InChI is InChI=1S/C7H8.C6H12O2.C3H8O.CH2Cl2/c1-7-5-3-2-4-6-7;1-3-5-6(7)8-4-2;1-2-3-4;2-1-3/h2-6H,1H3;3-5H2,1-2H3;4H,2-3H2,1H3;1H2. The maximum Gasteiger partial charge on any atom is 0.305 e. The minimum atomic E-state index is -0.0880. The Morgan fingerprint density at radius 3 is 1.77 bits per heavy atom. The zero-order valence-corrected chi connectivity index (χ0v) is 15.7. The molecule has 22 heavy (non-hydrogen) atoms. The minimum Gasteiger partial charge on any atom is -0.466 e. The maximum absolute atomic E-state index is 10.4. The van der Waals surface area contributed by atoms with E-state index in [-0.39, 0.29) is 11.3 Å². The van der Waals surface area contributed by atoms with Gasteiger partial charge in [0.1, 0.15) is 0 Å². The van der Waals surface area contributed by atoms with E-state index in [4.69, 9.17) is 28.3 Å². The Hall–Kier alpha value is -0.770. The molecule has 1 aromatic rings. The van der Waals surface area contributed by atoms with Crippen LogP contribution in [0.4, 0.5) is 0 Å². The second kappa shape index (κ2) is 25.2. The highest BCUT2D eigenvalue weighted by molar-refractivity contribution is 6.40. The molecule has 130 valence electrons. The van der Waals surface area contributed by atoms with Crippen molar-refractivity contribution >= 4 is 29.2 Å². The van der Waals surface area contributed by atoms with Crippen molar-refractivity contribution in [2.75, 3.05) is 18.6 Å². The van der Waals surface area contributed by atoms with Crippen LogP contribution in [0.15, 0.2) is 30.3 Å². The van der Waals surface area contributed by atoms with Gasteiger partial charge in [-0.05, 0) is 26.7 Å². The second-order valence-electron chi connectivity index (χ2n) is 4.03. The summed E-state index contributed by atoms with van der Waals surface area (Å²) in [5, 5.41) is 8.07. The molecule has 0 unspecified atom stereocenters. The van der Waals surface area contributed by atoms with E-state index < -0.39 is 0 Å². The Balaban J connectivity index is -0.000000235. The monoisotopic (exact) mass is 352 g/mol.